The number of hydrogen-bond donors (Lipinski definition) is 1. The number of hydrogen-bond acceptors (Lipinski definition) is 1. The van der Waals surface area contributed by atoms with Gasteiger partial charge in [0, 0.05) is 11.6 Å². The van der Waals surface area contributed by atoms with Crippen molar-refractivity contribution >= 4 is 0 Å². The van der Waals surface area contributed by atoms with Crippen LogP contribution in [0.1, 0.15) is 29.2 Å². The number of aryl methyl sites for hydroxylation is 2. The first kappa shape index (κ1) is 12.8. The third-order valence-electron chi connectivity index (χ3n) is 3.14. The van der Waals surface area contributed by atoms with Gasteiger partial charge in [-0.15, -0.1) is 0 Å². The highest BCUT2D eigenvalue weighted by Gasteiger charge is 2.11. The minimum absolute atomic E-state index is 0.207. The summed E-state index contributed by atoms with van der Waals surface area (Å²) in [7, 11) is 0. The third kappa shape index (κ3) is 3.17. The van der Waals surface area contributed by atoms with Gasteiger partial charge in [0.05, 0.1) is 0 Å². The van der Waals surface area contributed by atoms with Crippen molar-refractivity contribution in [2.45, 2.75) is 25.8 Å². The van der Waals surface area contributed by atoms with E-state index in [0.29, 0.717) is 5.56 Å². The molecule has 2 aromatic carbocycles. The second kappa shape index (κ2) is 5.78. The Kier molecular flexibility index (Phi) is 4.11. The van der Waals surface area contributed by atoms with Gasteiger partial charge < -0.3 is 5.73 Å². The van der Waals surface area contributed by atoms with Crippen molar-refractivity contribution in [3.05, 3.63) is 71.0 Å². The molecular weight excluding hydrogens is 225 g/mol. The number of nitrogens with two attached hydrogens (primary N) is 1. The Morgan fingerprint density at radius 1 is 1.11 bits per heavy atom. The van der Waals surface area contributed by atoms with Crippen molar-refractivity contribution in [3.8, 4) is 0 Å². The van der Waals surface area contributed by atoms with Gasteiger partial charge >= 0.3 is 0 Å². The van der Waals surface area contributed by atoms with Crippen molar-refractivity contribution < 1.29 is 4.39 Å². The summed E-state index contributed by atoms with van der Waals surface area (Å²) in [5.41, 5.74) is 8.97. The fourth-order valence-electron chi connectivity index (χ4n) is 2.07. The maximum absolute atomic E-state index is 13.7. The molecule has 0 heterocycles. The van der Waals surface area contributed by atoms with Crippen LogP contribution in [0.2, 0.25) is 0 Å². The molecular formula is C16H18FN. The SMILES string of the molecule is Cc1ccc(F)c(C(N)CCc2ccccc2)c1. The Hall–Kier alpha value is -1.67. The lowest BCUT2D eigenvalue weighted by Gasteiger charge is -2.13. The second-order valence-electron chi connectivity index (χ2n) is 4.66. The molecule has 0 fully saturated rings. The van der Waals surface area contributed by atoms with Gasteiger partial charge in [0.15, 0.2) is 0 Å². The minimum Gasteiger partial charge on any atom is -0.324 e. The molecule has 0 saturated carbocycles. The summed E-state index contributed by atoms with van der Waals surface area (Å²) in [5, 5.41) is 0. The zero-order chi connectivity index (χ0) is 13.0. The van der Waals surface area contributed by atoms with E-state index in [1.807, 2.05) is 31.2 Å². The van der Waals surface area contributed by atoms with Gasteiger partial charge in [-0.1, -0.05) is 48.0 Å². The maximum atomic E-state index is 13.7. The van der Waals surface area contributed by atoms with Crippen molar-refractivity contribution in [3.63, 3.8) is 0 Å². The van der Waals surface area contributed by atoms with Crippen molar-refractivity contribution in [1.29, 1.82) is 0 Å². The minimum atomic E-state index is -0.245. The van der Waals surface area contributed by atoms with E-state index < -0.39 is 0 Å². The zero-order valence-electron chi connectivity index (χ0n) is 10.6. The van der Waals surface area contributed by atoms with Crippen LogP contribution >= 0.6 is 0 Å². The van der Waals surface area contributed by atoms with Crippen LogP contribution in [0.25, 0.3) is 0 Å². The van der Waals surface area contributed by atoms with Crippen molar-refractivity contribution in [2.75, 3.05) is 0 Å². The van der Waals surface area contributed by atoms with E-state index in [4.69, 9.17) is 5.73 Å². The normalized spacial score (nSPS) is 12.4. The van der Waals surface area contributed by atoms with Gasteiger partial charge in [0.25, 0.3) is 0 Å². The Bertz CT molecular complexity index is 508. The highest BCUT2D eigenvalue weighted by molar-refractivity contribution is 5.27. The van der Waals surface area contributed by atoms with E-state index in [2.05, 4.69) is 12.1 Å². The standard InChI is InChI=1S/C16H18FN/c1-12-7-9-15(17)14(11-12)16(18)10-8-13-5-3-2-4-6-13/h2-7,9,11,16H,8,10,18H2,1H3. The highest BCUT2D eigenvalue weighted by atomic mass is 19.1. The van der Waals surface area contributed by atoms with E-state index in [1.54, 1.807) is 6.07 Å². The number of benzene rings is 2. The topological polar surface area (TPSA) is 26.0 Å². The summed E-state index contributed by atoms with van der Waals surface area (Å²) >= 11 is 0. The third-order valence-corrected chi connectivity index (χ3v) is 3.14. The van der Waals surface area contributed by atoms with Crippen LogP contribution in [0.4, 0.5) is 4.39 Å². The Morgan fingerprint density at radius 2 is 1.83 bits per heavy atom. The van der Waals surface area contributed by atoms with Gasteiger partial charge in [-0.2, -0.15) is 0 Å². The average Bonchev–Trinajstić information content (AvgIpc) is 2.40. The van der Waals surface area contributed by atoms with E-state index in [0.717, 1.165) is 18.4 Å². The highest BCUT2D eigenvalue weighted by Crippen LogP contribution is 2.21. The number of rotatable bonds is 4. The van der Waals surface area contributed by atoms with Gasteiger partial charge in [0.2, 0.25) is 0 Å². The smallest absolute Gasteiger partial charge is 0.127 e. The summed E-state index contributed by atoms with van der Waals surface area (Å²) in [6.07, 6.45) is 1.62. The first-order valence-corrected chi connectivity index (χ1v) is 6.22. The molecule has 1 atom stereocenters. The average molecular weight is 243 g/mol. The molecule has 0 aliphatic rings. The van der Waals surface area contributed by atoms with E-state index >= 15 is 0 Å². The van der Waals surface area contributed by atoms with Crippen LogP contribution in [-0.2, 0) is 6.42 Å². The van der Waals surface area contributed by atoms with Crippen LogP contribution < -0.4 is 5.73 Å². The van der Waals surface area contributed by atoms with Crippen LogP contribution in [0, 0.1) is 12.7 Å². The molecule has 0 spiro atoms. The largest absolute Gasteiger partial charge is 0.324 e. The Labute approximate surface area is 107 Å². The first-order valence-electron chi connectivity index (χ1n) is 6.22. The molecule has 0 bridgehead atoms. The van der Waals surface area contributed by atoms with Crippen LogP contribution in [-0.4, -0.2) is 0 Å². The molecule has 0 saturated heterocycles. The summed E-state index contributed by atoms with van der Waals surface area (Å²) in [5.74, 6) is -0.207. The molecule has 2 N–H and O–H groups in total. The van der Waals surface area contributed by atoms with Crippen LogP contribution in [0.15, 0.2) is 48.5 Å². The molecule has 2 aromatic rings. The van der Waals surface area contributed by atoms with Gasteiger partial charge in [-0.05, 0) is 31.4 Å². The summed E-state index contributed by atoms with van der Waals surface area (Å²) in [6, 6.07) is 15.0. The summed E-state index contributed by atoms with van der Waals surface area (Å²) in [6.45, 7) is 1.95. The molecule has 2 rings (SSSR count). The zero-order valence-corrected chi connectivity index (χ0v) is 10.6. The van der Waals surface area contributed by atoms with E-state index in [1.165, 1.54) is 11.6 Å². The molecule has 94 valence electrons. The van der Waals surface area contributed by atoms with Crippen molar-refractivity contribution in [2.24, 2.45) is 5.73 Å². The molecule has 0 radical (unpaired) electrons. The maximum Gasteiger partial charge on any atom is 0.127 e. The molecule has 0 aliphatic carbocycles. The molecule has 1 unspecified atom stereocenters. The Balaban J connectivity index is 2.03. The van der Waals surface area contributed by atoms with E-state index in [9.17, 15) is 4.39 Å². The lowest BCUT2D eigenvalue weighted by Crippen LogP contribution is -2.13. The monoisotopic (exact) mass is 243 g/mol. The quantitative estimate of drug-likeness (QED) is 0.869. The second-order valence-corrected chi connectivity index (χ2v) is 4.66. The molecule has 18 heavy (non-hydrogen) atoms. The van der Waals surface area contributed by atoms with Gasteiger partial charge in [0.1, 0.15) is 5.82 Å². The predicted molar refractivity (Wildman–Crippen MR) is 72.8 cm³/mol. The lowest BCUT2D eigenvalue weighted by atomic mass is 9.98. The van der Waals surface area contributed by atoms with Crippen molar-refractivity contribution in [1.82, 2.24) is 0 Å². The fraction of sp³-hybridized carbons (Fsp3) is 0.250. The summed E-state index contributed by atoms with van der Waals surface area (Å²) in [4.78, 5) is 0. The van der Waals surface area contributed by atoms with E-state index in [-0.39, 0.29) is 11.9 Å². The van der Waals surface area contributed by atoms with Gasteiger partial charge in [-0.3, -0.25) is 0 Å². The predicted octanol–water partition coefficient (Wildman–Crippen LogP) is 3.77. The molecule has 0 amide bonds. The molecule has 2 heteroatoms. The Morgan fingerprint density at radius 3 is 2.56 bits per heavy atom. The van der Waals surface area contributed by atoms with Crippen LogP contribution in [0.5, 0.6) is 0 Å². The fourth-order valence-corrected chi connectivity index (χ4v) is 2.07. The molecule has 0 aliphatic heterocycles. The molecule has 1 nitrogen and oxygen atoms in total. The lowest BCUT2D eigenvalue weighted by molar-refractivity contribution is 0.563. The molecule has 0 aromatic heterocycles. The summed E-state index contributed by atoms with van der Waals surface area (Å²) < 4.78 is 13.7. The number of halogens is 1. The van der Waals surface area contributed by atoms with Gasteiger partial charge in [-0.25, -0.2) is 4.39 Å². The van der Waals surface area contributed by atoms with Crippen LogP contribution in [0.3, 0.4) is 0 Å². The first-order chi connectivity index (χ1) is 8.66.